The second kappa shape index (κ2) is 7.25. The van der Waals surface area contributed by atoms with Gasteiger partial charge in [-0.3, -0.25) is 0 Å². The molecule has 1 saturated heterocycles. The summed E-state index contributed by atoms with van der Waals surface area (Å²) >= 11 is 0. The van der Waals surface area contributed by atoms with Gasteiger partial charge in [-0.25, -0.2) is 13.6 Å². The summed E-state index contributed by atoms with van der Waals surface area (Å²) in [5.74, 6) is 0. The van der Waals surface area contributed by atoms with Crippen LogP contribution in [0.25, 0.3) is 0 Å². The molecule has 1 amide bonds. The Labute approximate surface area is 135 Å². The average Bonchev–Trinajstić information content (AvgIpc) is 2.93. The second-order valence-electron chi connectivity index (χ2n) is 6.84. The van der Waals surface area contributed by atoms with Crippen molar-refractivity contribution < 1.29 is 18.3 Å². The predicted molar refractivity (Wildman–Crippen MR) is 84.5 cm³/mol. The number of carbonyl (C=O) groups excluding carboxylic acids is 1. The molecule has 0 spiro atoms. The topological polar surface area (TPSA) is 41.6 Å². The summed E-state index contributed by atoms with van der Waals surface area (Å²) in [5, 5.41) is 3.36. The Morgan fingerprint density at radius 1 is 1.35 bits per heavy atom. The van der Waals surface area contributed by atoms with Gasteiger partial charge in [0.05, 0.1) is 0 Å². The van der Waals surface area contributed by atoms with E-state index < -0.39 is 12.0 Å². The maximum atomic E-state index is 12.5. The number of likely N-dealkylation sites (tertiary alicyclic amines) is 1. The number of alkyl halides is 2. The number of nitrogens with one attached hydrogen (secondary N) is 1. The highest BCUT2D eigenvalue weighted by atomic mass is 19.3. The molecule has 4 nitrogen and oxygen atoms in total. The van der Waals surface area contributed by atoms with E-state index >= 15 is 0 Å². The van der Waals surface area contributed by atoms with Crippen molar-refractivity contribution in [2.75, 3.05) is 13.1 Å². The van der Waals surface area contributed by atoms with Gasteiger partial charge in [0, 0.05) is 31.2 Å². The molecule has 1 unspecified atom stereocenters. The molecule has 0 bridgehead atoms. The number of hydrogen-bond acceptors (Lipinski definition) is 3. The lowest BCUT2D eigenvalue weighted by Gasteiger charge is -2.24. The third-order valence-corrected chi connectivity index (χ3v) is 3.67. The zero-order valence-electron chi connectivity index (χ0n) is 13.8. The standard InChI is InChI=1S/C17H24F2N2O2/c1-17(2,3)23-16(22)21-9-8-14(11-21)20-10-12-4-6-13(7-5-12)15(18)19/h4-7,14-15,20H,8-11H2,1-3H3. The van der Waals surface area contributed by atoms with Crippen molar-refractivity contribution in [3.8, 4) is 0 Å². The Balaban J connectivity index is 1.78. The van der Waals surface area contributed by atoms with Gasteiger partial charge in [-0.2, -0.15) is 0 Å². The molecule has 1 aliphatic heterocycles. The quantitative estimate of drug-likeness (QED) is 0.917. The molecule has 1 heterocycles. The number of ether oxygens (including phenoxy) is 1. The highest BCUT2D eigenvalue weighted by molar-refractivity contribution is 5.68. The van der Waals surface area contributed by atoms with E-state index in [1.165, 1.54) is 12.1 Å². The van der Waals surface area contributed by atoms with Crippen molar-refractivity contribution in [2.45, 2.75) is 51.8 Å². The molecule has 6 heteroatoms. The summed E-state index contributed by atoms with van der Waals surface area (Å²) in [6.45, 7) is 7.40. The van der Waals surface area contributed by atoms with Crippen LogP contribution in [0.3, 0.4) is 0 Å². The summed E-state index contributed by atoms with van der Waals surface area (Å²) in [7, 11) is 0. The lowest BCUT2D eigenvalue weighted by Crippen LogP contribution is -2.38. The molecule has 1 aliphatic rings. The van der Waals surface area contributed by atoms with Crippen LogP contribution in [0.1, 0.15) is 44.7 Å². The van der Waals surface area contributed by atoms with Gasteiger partial charge < -0.3 is 15.0 Å². The fraction of sp³-hybridized carbons (Fsp3) is 0.588. The van der Waals surface area contributed by atoms with Gasteiger partial charge in [-0.1, -0.05) is 24.3 Å². The normalized spacial score (nSPS) is 18.5. The van der Waals surface area contributed by atoms with Gasteiger partial charge in [-0.05, 0) is 32.8 Å². The highest BCUT2D eigenvalue weighted by Gasteiger charge is 2.29. The number of nitrogens with zero attached hydrogens (tertiary/aromatic N) is 1. The van der Waals surface area contributed by atoms with Crippen LogP contribution in [-0.4, -0.2) is 35.7 Å². The predicted octanol–water partition coefficient (Wildman–Crippen LogP) is 3.72. The number of hydrogen-bond donors (Lipinski definition) is 1. The van der Waals surface area contributed by atoms with Gasteiger partial charge in [-0.15, -0.1) is 0 Å². The Bertz CT molecular complexity index is 526. The summed E-state index contributed by atoms with van der Waals surface area (Å²) in [5.41, 5.74) is 0.491. The summed E-state index contributed by atoms with van der Waals surface area (Å²) < 4.78 is 30.4. The van der Waals surface area contributed by atoms with E-state index in [9.17, 15) is 13.6 Å². The molecule has 1 aromatic carbocycles. The smallest absolute Gasteiger partial charge is 0.410 e. The van der Waals surface area contributed by atoms with Crippen molar-refractivity contribution in [3.05, 3.63) is 35.4 Å². The molecule has 0 saturated carbocycles. The van der Waals surface area contributed by atoms with Gasteiger partial charge in [0.2, 0.25) is 0 Å². The van der Waals surface area contributed by atoms with E-state index in [-0.39, 0.29) is 17.7 Å². The Kier molecular flexibility index (Phi) is 5.57. The van der Waals surface area contributed by atoms with Crippen LogP contribution in [0.5, 0.6) is 0 Å². The van der Waals surface area contributed by atoms with E-state index in [0.29, 0.717) is 19.6 Å². The lowest BCUT2D eigenvalue weighted by molar-refractivity contribution is 0.0291. The Hall–Kier alpha value is -1.69. The molecule has 1 fully saturated rings. The van der Waals surface area contributed by atoms with E-state index in [1.807, 2.05) is 20.8 Å². The fourth-order valence-corrected chi connectivity index (χ4v) is 2.46. The minimum absolute atomic E-state index is 0.0331. The fourth-order valence-electron chi connectivity index (χ4n) is 2.46. The number of carbonyl (C=O) groups is 1. The number of halogens is 2. The molecule has 0 aromatic heterocycles. The van der Waals surface area contributed by atoms with Crippen LogP contribution in [0.2, 0.25) is 0 Å². The molecular formula is C17H24F2N2O2. The first-order valence-corrected chi connectivity index (χ1v) is 7.83. The molecule has 1 aromatic rings. The molecule has 1 N–H and O–H groups in total. The van der Waals surface area contributed by atoms with E-state index in [4.69, 9.17) is 4.74 Å². The number of amides is 1. The Morgan fingerprint density at radius 2 is 2.00 bits per heavy atom. The third-order valence-electron chi connectivity index (χ3n) is 3.67. The second-order valence-corrected chi connectivity index (χ2v) is 6.84. The zero-order chi connectivity index (χ0) is 17.0. The highest BCUT2D eigenvalue weighted by Crippen LogP contribution is 2.19. The minimum atomic E-state index is -2.44. The molecule has 0 radical (unpaired) electrons. The van der Waals surface area contributed by atoms with Crippen molar-refractivity contribution in [1.82, 2.24) is 10.2 Å². The zero-order valence-corrected chi connectivity index (χ0v) is 13.8. The number of rotatable bonds is 4. The van der Waals surface area contributed by atoms with Crippen molar-refractivity contribution >= 4 is 6.09 Å². The summed E-state index contributed by atoms with van der Waals surface area (Å²) in [6.07, 6.45) is -1.87. The SMILES string of the molecule is CC(C)(C)OC(=O)N1CCC(NCc2ccc(C(F)F)cc2)C1. The van der Waals surface area contributed by atoms with E-state index in [2.05, 4.69) is 5.32 Å². The van der Waals surface area contributed by atoms with Gasteiger partial charge in [0.15, 0.2) is 0 Å². The summed E-state index contributed by atoms with van der Waals surface area (Å²) in [4.78, 5) is 13.7. The monoisotopic (exact) mass is 326 g/mol. The van der Waals surface area contributed by atoms with Gasteiger partial charge >= 0.3 is 6.09 Å². The van der Waals surface area contributed by atoms with Crippen LogP contribution >= 0.6 is 0 Å². The van der Waals surface area contributed by atoms with Crippen molar-refractivity contribution in [3.63, 3.8) is 0 Å². The van der Waals surface area contributed by atoms with Crippen LogP contribution in [0.15, 0.2) is 24.3 Å². The average molecular weight is 326 g/mol. The Morgan fingerprint density at radius 3 is 2.57 bits per heavy atom. The molecule has 23 heavy (non-hydrogen) atoms. The van der Waals surface area contributed by atoms with Crippen LogP contribution < -0.4 is 5.32 Å². The maximum Gasteiger partial charge on any atom is 0.410 e. The largest absolute Gasteiger partial charge is 0.444 e. The van der Waals surface area contributed by atoms with Gasteiger partial charge in [0.25, 0.3) is 6.43 Å². The third kappa shape index (κ3) is 5.46. The van der Waals surface area contributed by atoms with Crippen molar-refractivity contribution in [1.29, 1.82) is 0 Å². The van der Waals surface area contributed by atoms with Crippen LogP contribution in [0, 0.1) is 0 Å². The minimum Gasteiger partial charge on any atom is -0.444 e. The van der Waals surface area contributed by atoms with Gasteiger partial charge in [0.1, 0.15) is 5.60 Å². The molecule has 1 atom stereocenters. The van der Waals surface area contributed by atoms with Crippen LogP contribution in [-0.2, 0) is 11.3 Å². The number of benzene rings is 1. The molecule has 128 valence electrons. The summed E-state index contributed by atoms with van der Waals surface area (Å²) in [6, 6.07) is 6.49. The first-order chi connectivity index (χ1) is 10.7. The molecule has 0 aliphatic carbocycles. The first-order valence-electron chi connectivity index (χ1n) is 7.83. The maximum absolute atomic E-state index is 12.5. The first kappa shape index (κ1) is 17.7. The van der Waals surface area contributed by atoms with Crippen LogP contribution in [0.4, 0.5) is 13.6 Å². The van der Waals surface area contributed by atoms with E-state index in [1.54, 1.807) is 17.0 Å². The lowest BCUT2D eigenvalue weighted by atomic mass is 10.1. The van der Waals surface area contributed by atoms with E-state index in [0.717, 1.165) is 12.0 Å². The molecular weight excluding hydrogens is 302 g/mol. The van der Waals surface area contributed by atoms with Crippen molar-refractivity contribution in [2.24, 2.45) is 0 Å². The molecule has 2 rings (SSSR count).